The summed E-state index contributed by atoms with van der Waals surface area (Å²) in [5.41, 5.74) is 4.47. The van der Waals surface area contributed by atoms with Gasteiger partial charge in [-0.2, -0.15) is 0 Å². The van der Waals surface area contributed by atoms with E-state index in [1.165, 1.54) is 4.90 Å². The molecule has 2 saturated carbocycles. The number of carbonyl (C=O) groups excluding carboxylic acids is 6. The average Bonchev–Trinajstić information content (AvgIpc) is 3.89. The minimum absolute atomic E-state index is 0.0345. The molecule has 0 aromatic rings. The van der Waals surface area contributed by atoms with E-state index in [4.69, 9.17) is 10.5 Å². The third-order valence-electron chi connectivity index (χ3n) is 9.33. The number of hydrogen-bond donors (Lipinski definition) is 4. The van der Waals surface area contributed by atoms with Crippen LogP contribution in [0.15, 0.2) is 0 Å². The predicted molar refractivity (Wildman–Crippen MR) is 168 cm³/mol. The van der Waals surface area contributed by atoms with Gasteiger partial charge in [-0.1, -0.05) is 61.8 Å². The second-order valence-corrected chi connectivity index (χ2v) is 15.0. The monoisotopic (exact) mass is 633 g/mol. The molecular formula is C33H55N5O7. The molecule has 12 heteroatoms. The summed E-state index contributed by atoms with van der Waals surface area (Å²) < 4.78 is 5.92. The molecule has 0 radical (unpaired) electrons. The Morgan fingerprint density at radius 3 is 1.91 bits per heavy atom. The lowest BCUT2D eigenvalue weighted by molar-refractivity contribution is -0.155. The van der Waals surface area contributed by atoms with Crippen LogP contribution in [0.2, 0.25) is 0 Å². The molecule has 1 saturated heterocycles. The van der Waals surface area contributed by atoms with Gasteiger partial charge in [-0.25, -0.2) is 9.59 Å². The topological polar surface area (TPSA) is 177 Å². The van der Waals surface area contributed by atoms with Crippen molar-refractivity contribution in [2.24, 2.45) is 40.7 Å². The van der Waals surface area contributed by atoms with Crippen LogP contribution in [0.25, 0.3) is 0 Å². The number of rotatable bonds is 15. The zero-order valence-electron chi connectivity index (χ0n) is 28.3. The molecule has 12 nitrogen and oxygen atoms in total. The maximum atomic E-state index is 14.2. The quantitative estimate of drug-likeness (QED) is 0.158. The number of nitrogens with one attached hydrogen (secondary N) is 3. The van der Waals surface area contributed by atoms with Crippen molar-refractivity contribution in [3.05, 3.63) is 0 Å². The second kappa shape index (κ2) is 14.9. The zero-order chi connectivity index (χ0) is 33.8. The fourth-order valence-corrected chi connectivity index (χ4v) is 6.34. The van der Waals surface area contributed by atoms with Crippen molar-refractivity contribution >= 4 is 35.5 Å². The van der Waals surface area contributed by atoms with Crippen molar-refractivity contribution in [3.8, 4) is 0 Å². The number of Topliss-reactive ketones (excluding diaryl/α,β-unsaturated/α-hetero) is 1. The number of carbonyl (C=O) groups is 6. The van der Waals surface area contributed by atoms with Crippen LogP contribution in [0.3, 0.4) is 0 Å². The number of hydrogen-bond acceptors (Lipinski definition) is 7. The van der Waals surface area contributed by atoms with Crippen molar-refractivity contribution in [1.29, 1.82) is 0 Å². The van der Waals surface area contributed by atoms with Crippen LogP contribution in [0, 0.1) is 35.0 Å². The fourth-order valence-electron chi connectivity index (χ4n) is 6.34. The van der Waals surface area contributed by atoms with E-state index in [1.54, 1.807) is 0 Å². The first kappa shape index (κ1) is 36.3. The number of nitrogens with zero attached hydrogens (tertiary/aromatic N) is 1. The third-order valence-corrected chi connectivity index (χ3v) is 9.33. The molecule has 3 rings (SSSR count). The lowest BCUT2D eigenvalue weighted by Crippen LogP contribution is -2.62. The highest BCUT2D eigenvalue weighted by Gasteiger charge is 2.48. The van der Waals surface area contributed by atoms with Gasteiger partial charge in [0.25, 0.3) is 5.91 Å². The summed E-state index contributed by atoms with van der Waals surface area (Å²) in [6.45, 7) is 15.1. The van der Waals surface area contributed by atoms with E-state index in [0.29, 0.717) is 24.7 Å². The molecule has 3 aliphatic rings. The van der Waals surface area contributed by atoms with Crippen molar-refractivity contribution in [3.63, 3.8) is 0 Å². The van der Waals surface area contributed by atoms with Gasteiger partial charge in [0.15, 0.2) is 0 Å². The summed E-state index contributed by atoms with van der Waals surface area (Å²) in [5, 5.41) is 8.24. The second-order valence-electron chi connectivity index (χ2n) is 15.0. The molecule has 2 unspecified atom stereocenters. The van der Waals surface area contributed by atoms with Gasteiger partial charge < -0.3 is 31.3 Å². The normalized spacial score (nSPS) is 22.2. The summed E-state index contributed by atoms with van der Waals surface area (Å²) in [5.74, 6) is -3.08. The maximum Gasteiger partial charge on any atom is 0.329 e. The van der Waals surface area contributed by atoms with E-state index in [2.05, 4.69) is 16.0 Å². The van der Waals surface area contributed by atoms with Crippen molar-refractivity contribution < 1.29 is 33.5 Å². The molecule has 1 aliphatic heterocycles. The number of esters is 1. The Balaban J connectivity index is 1.77. The first-order valence-electron chi connectivity index (χ1n) is 16.7. The van der Waals surface area contributed by atoms with Gasteiger partial charge >= 0.3 is 12.0 Å². The summed E-state index contributed by atoms with van der Waals surface area (Å²) in [4.78, 5) is 80.1. The van der Waals surface area contributed by atoms with Crippen LogP contribution in [-0.4, -0.2) is 77.2 Å². The number of primary amides is 1. The summed E-state index contributed by atoms with van der Waals surface area (Å²) in [6.07, 6.45) is 5.43. The van der Waals surface area contributed by atoms with Gasteiger partial charge in [-0.05, 0) is 73.5 Å². The molecule has 2 aliphatic carbocycles. The van der Waals surface area contributed by atoms with E-state index in [0.717, 1.165) is 25.7 Å². The highest BCUT2D eigenvalue weighted by molar-refractivity contribution is 6.37. The first-order chi connectivity index (χ1) is 21.0. The predicted octanol–water partition coefficient (Wildman–Crippen LogP) is 2.67. The van der Waals surface area contributed by atoms with E-state index < -0.39 is 65.1 Å². The number of ketones is 1. The Morgan fingerprint density at radius 2 is 1.47 bits per heavy atom. The first-order valence-corrected chi connectivity index (χ1v) is 16.7. The van der Waals surface area contributed by atoms with Gasteiger partial charge in [-0.3, -0.25) is 19.2 Å². The fraction of sp³-hybridized carbons (Fsp3) is 0.818. The molecule has 254 valence electrons. The zero-order valence-corrected chi connectivity index (χ0v) is 28.3. The molecule has 0 aromatic heterocycles. The van der Waals surface area contributed by atoms with Gasteiger partial charge in [0.1, 0.15) is 24.2 Å². The maximum absolute atomic E-state index is 14.2. The van der Waals surface area contributed by atoms with Crippen LogP contribution < -0.4 is 21.7 Å². The van der Waals surface area contributed by atoms with Gasteiger partial charge in [0, 0.05) is 6.54 Å². The van der Waals surface area contributed by atoms with E-state index >= 15 is 0 Å². The molecule has 45 heavy (non-hydrogen) atoms. The van der Waals surface area contributed by atoms with E-state index in [1.807, 2.05) is 55.4 Å². The third kappa shape index (κ3) is 9.42. The van der Waals surface area contributed by atoms with Crippen molar-refractivity contribution in [2.75, 3.05) is 6.54 Å². The summed E-state index contributed by atoms with van der Waals surface area (Å²) in [6, 6.07) is -4.60. The molecule has 0 aromatic carbocycles. The molecule has 0 spiro atoms. The minimum Gasteiger partial charge on any atom is -0.460 e. The van der Waals surface area contributed by atoms with E-state index in [-0.39, 0.29) is 36.8 Å². The van der Waals surface area contributed by atoms with Crippen LogP contribution in [-0.2, 0) is 28.7 Å². The van der Waals surface area contributed by atoms with Crippen molar-refractivity contribution in [2.45, 2.75) is 131 Å². The Kier molecular flexibility index (Phi) is 12.0. The number of amides is 5. The molecule has 5 N–H and O–H groups in total. The molecule has 5 amide bonds. The SMILES string of the molecule is CCCC(NC(=O)[C@@H]1C(C(C)C)CCN1C(=O)[C@@H](NC(=O)N[C@H](C(=O)OC(C1CC1)C1CC1)C(C)C)C(C)(C)C)C(=O)C(N)=O. The largest absolute Gasteiger partial charge is 0.460 e. The molecule has 3 fully saturated rings. The smallest absolute Gasteiger partial charge is 0.329 e. The van der Waals surface area contributed by atoms with Crippen LogP contribution >= 0.6 is 0 Å². The summed E-state index contributed by atoms with van der Waals surface area (Å²) >= 11 is 0. The minimum atomic E-state index is -1.13. The number of nitrogens with two attached hydrogens (primary N) is 1. The highest BCUT2D eigenvalue weighted by atomic mass is 16.5. The molecule has 1 heterocycles. The summed E-state index contributed by atoms with van der Waals surface area (Å²) in [7, 11) is 0. The van der Waals surface area contributed by atoms with Crippen molar-refractivity contribution in [1.82, 2.24) is 20.9 Å². The number of likely N-dealkylation sites (tertiary alicyclic amines) is 1. The Labute approximate surface area is 267 Å². The van der Waals surface area contributed by atoms with Crippen LogP contribution in [0.5, 0.6) is 0 Å². The average molecular weight is 634 g/mol. The van der Waals surface area contributed by atoms with Gasteiger partial charge in [-0.15, -0.1) is 0 Å². The van der Waals surface area contributed by atoms with Crippen LogP contribution in [0.4, 0.5) is 4.79 Å². The lowest BCUT2D eigenvalue weighted by Gasteiger charge is -2.37. The Bertz CT molecular complexity index is 1110. The Hall–Kier alpha value is -3.18. The van der Waals surface area contributed by atoms with Crippen LogP contribution in [0.1, 0.15) is 100 Å². The highest BCUT2D eigenvalue weighted by Crippen LogP contribution is 2.46. The van der Waals surface area contributed by atoms with E-state index in [9.17, 15) is 28.8 Å². The van der Waals surface area contributed by atoms with Gasteiger partial charge in [0.05, 0.1) is 6.04 Å². The molecule has 5 atom stereocenters. The molecule has 0 bridgehead atoms. The Morgan fingerprint density at radius 1 is 0.889 bits per heavy atom. The standard InChI is InChI=1S/C33H55N5O7/c1-9-10-22(25(39)28(34)40)35-29(41)24-21(17(2)3)15-16-38(24)30(42)27(33(6,7)8)37-32(44)36-23(18(4)5)31(43)45-26(19-11-12-19)20-13-14-20/h17-24,26-27H,9-16H2,1-8H3,(H2,34,40)(H,35,41)(H2,36,37,44)/t21?,22?,23-,24-,27+/m0/s1. The lowest BCUT2D eigenvalue weighted by atomic mass is 9.84. The van der Waals surface area contributed by atoms with Gasteiger partial charge in [0.2, 0.25) is 17.6 Å². The molecular weight excluding hydrogens is 578 g/mol. The number of urea groups is 1. The number of ether oxygens (including phenoxy) is 1.